The number of aryl methyl sites for hydroxylation is 2. The van der Waals surface area contributed by atoms with Gasteiger partial charge in [-0.25, -0.2) is 13.4 Å². The molecule has 0 saturated carbocycles. The Morgan fingerprint density at radius 1 is 1.23 bits per heavy atom. The molecule has 2 aromatic heterocycles. The normalized spacial score (nSPS) is 12.7. The molecular weight excluding hydrogens is 442 g/mol. The predicted octanol–water partition coefficient (Wildman–Crippen LogP) is 3.46. The van der Waals surface area contributed by atoms with E-state index in [2.05, 4.69) is 20.5 Å². The lowest BCUT2D eigenvalue weighted by Crippen LogP contribution is -2.23. The zero-order valence-electron chi connectivity index (χ0n) is 17.1. The van der Waals surface area contributed by atoms with Crippen molar-refractivity contribution in [3.63, 3.8) is 0 Å². The molecule has 0 saturated heterocycles. The van der Waals surface area contributed by atoms with Crippen LogP contribution in [0.3, 0.4) is 0 Å². The Labute approximate surface area is 184 Å². The minimum Gasteiger partial charge on any atom is -0.305 e. The van der Waals surface area contributed by atoms with Gasteiger partial charge >= 0.3 is 0 Å². The first-order valence-electron chi connectivity index (χ1n) is 9.32. The van der Waals surface area contributed by atoms with Crippen LogP contribution in [0.1, 0.15) is 30.2 Å². The highest BCUT2D eigenvalue weighted by atomic mass is 32.2. The van der Waals surface area contributed by atoms with E-state index in [-0.39, 0.29) is 16.6 Å². The maximum Gasteiger partial charge on any atom is 0.239 e. The van der Waals surface area contributed by atoms with Crippen LogP contribution in [-0.2, 0) is 26.9 Å². The molecule has 11 heteroatoms. The number of thiazole rings is 1. The minimum absolute atomic E-state index is 0.196. The second-order valence-corrected chi connectivity index (χ2v) is 11.1. The van der Waals surface area contributed by atoms with Gasteiger partial charge in [0.15, 0.2) is 20.1 Å². The van der Waals surface area contributed by atoms with E-state index < -0.39 is 15.1 Å². The molecule has 0 aliphatic rings. The Morgan fingerprint density at radius 3 is 2.53 bits per heavy atom. The lowest BCUT2D eigenvalue weighted by molar-refractivity contribution is -0.115. The van der Waals surface area contributed by atoms with Gasteiger partial charge in [-0.05, 0) is 39.8 Å². The predicted molar refractivity (Wildman–Crippen MR) is 119 cm³/mol. The van der Waals surface area contributed by atoms with Crippen LogP contribution in [0.2, 0.25) is 0 Å². The van der Waals surface area contributed by atoms with Crippen molar-refractivity contribution in [2.45, 2.75) is 55.3 Å². The molecule has 1 N–H and O–H groups in total. The van der Waals surface area contributed by atoms with E-state index in [4.69, 9.17) is 0 Å². The fourth-order valence-electron chi connectivity index (χ4n) is 2.66. The molecule has 0 bridgehead atoms. The Balaban J connectivity index is 1.72. The number of rotatable bonds is 8. The van der Waals surface area contributed by atoms with Gasteiger partial charge in [-0.2, -0.15) is 0 Å². The molecule has 1 amide bonds. The van der Waals surface area contributed by atoms with Gasteiger partial charge in [-0.15, -0.1) is 21.5 Å². The van der Waals surface area contributed by atoms with E-state index in [0.717, 1.165) is 10.6 Å². The third-order valence-corrected chi connectivity index (χ3v) is 8.14. The number of amides is 1. The molecule has 0 radical (unpaired) electrons. The quantitative estimate of drug-likeness (QED) is 0.508. The lowest BCUT2D eigenvalue weighted by Gasteiger charge is -2.12. The van der Waals surface area contributed by atoms with Crippen molar-refractivity contribution in [2.24, 2.45) is 0 Å². The summed E-state index contributed by atoms with van der Waals surface area (Å²) in [6, 6.07) is 8.26. The van der Waals surface area contributed by atoms with Crippen LogP contribution in [0.4, 0.5) is 5.13 Å². The van der Waals surface area contributed by atoms with E-state index in [1.807, 2.05) is 20.8 Å². The summed E-state index contributed by atoms with van der Waals surface area (Å²) in [7, 11) is -3.54. The van der Waals surface area contributed by atoms with Crippen molar-refractivity contribution in [3.05, 3.63) is 46.7 Å². The molecule has 3 rings (SSSR count). The summed E-state index contributed by atoms with van der Waals surface area (Å²) in [6.07, 6.45) is 0. The Hall–Kier alpha value is -2.24. The Morgan fingerprint density at radius 2 is 1.93 bits per heavy atom. The maximum absolute atomic E-state index is 12.7. The van der Waals surface area contributed by atoms with Crippen LogP contribution in [0, 0.1) is 13.8 Å². The average Bonchev–Trinajstić information content (AvgIpc) is 3.23. The molecule has 160 valence electrons. The number of thioether (sulfide) groups is 1. The van der Waals surface area contributed by atoms with Crippen LogP contribution in [0.5, 0.6) is 0 Å². The fourth-order valence-corrected chi connectivity index (χ4v) is 5.70. The lowest BCUT2D eigenvalue weighted by atomic mass is 10.4. The number of carbonyl (C=O) groups excluding carboxylic acids is 1. The molecule has 8 nitrogen and oxygen atoms in total. The first kappa shape index (κ1) is 22.4. The summed E-state index contributed by atoms with van der Waals surface area (Å²) in [6.45, 7) is 8.00. The van der Waals surface area contributed by atoms with Crippen LogP contribution >= 0.6 is 23.1 Å². The standard InChI is InChI=1S/C19H23N5O3S3/c1-5-24-16(11-30(26,27)15-9-7-6-8-10-15)22-23-19(24)29-14(4)17(25)21-18-20-12(2)13(3)28-18/h6-10,14H,5,11H2,1-4H3,(H,20,21,25). The highest BCUT2D eigenvalue weighted by Gasteiger charge is 2.24. The monoisotopic (exact) mass is 465 g/mol. The molecule has 1 unspecified atom stereocenters. The van der Waals surface area contributed by atoms with E-state index in [9.17, 15) is 13.2 Å². The zero-order chi connectivity index (χ0) is 21.9. The number of nitrogens with zero attached hydrogens (tertiary/aromatic N) is 4. The van der Waals surface area contributed by atoms with Crippen molar-refractivity contribution in [1.82, 2.24) is 19.7 Å². The van der Waals surface area contributed by atoms with Crippen molar-refractivity contribution in [3.8, 4) is 0 Å². The summed E-state index contributed by atoms with van der Waals surface area (Å²) in [5, 5.41) is 11.6. The summed E-state index contributed by atoms with van der Waals surface area (Å²) < 4.78 is 27.1. The number of nitrogens with one attached hydrogen (secondary N) is 1. The smallest absolute Gasteiger partial charge is 0.239 e. The molecule has 1 aromatic carbocycles. The third kappa shape index (κ3) is 5.08. The molecule has 1 atom stereocenters. The molecule has 30 heavy (non-hydrogen) atoms. The van der Waals surface area contributed by atoms with Gasteiger partial charge in [0, 0.05) is 11.4 Å². The zero-order valence-corrected chi connectivity index (χ0v) is 19.6. The van der Waals surface area contributed by atoms with Gasteiger partial charge in [0.2, 0.25) is 5.91 Å². The summed E-state index contributed by atoms with van der Waals surface area (Å²) >= 11 is 2.67. The van der Waals surface area contributed by atoms with Crippen molar-refractivity contribution in [1.29, 1.82) is 0 Å². The molecule has 2 heterocycles. The molecule has 3 aromatic rings. The topological polar surface area (TPSA) is 107 Å². The highest BCUT2D eigenvalue weighted by molar-refractivity contribution is 8.00. The van der Waals surface area contributed by atoms with Gasteiger partial charge in [0.25, 0.3) is 0 Å². The van der Waals surface area contributed by atoms with Gasteiger partial charge < -0.3 is 9.88 Å². The highest BCUT2D eigenvalue weighted by Crippen LogP contribution is 2.26. The van der Waals surface area contributed by atoms with E-state index in [0.29, 0.717) is 22.7 Å². The molecule has 0 spiro atoms. The minimum atomic E-state index is -3.54. The SMILES string of the molecule is CCn1c(CS(=O)(=O)c2ccccc2)nnc1SC(C)C(=O)Nc1nc(C)c(C)s1. The third-order valence-electron chi connectivity index (χ3n) is 4.44. The Kier molecular flexibility index (Phi) is 6.94. The van der Waals surface area contributed by atoms with Crippen molar-refractivity contribution >= 4 is 44.0 Å². The fraction of sp³-hybridized carbons (Fsp3) is 0.368. The van der Waals surface area contributed by atoms with Crippen LogP contribution in [-0.4, -0.2) is 39.3 Å². The molecule has 0 fully saturated rings. The number of anilines is 1. The van der Waals surface area contributed by atoms with E-state index in [1.54, 1.807) is 41.8 Å². The molecular formula is C19H23N5O3S3. The Bertz CT molecular complexity index is 1120. The molecule has 0 aliphatic heterocycles. The summed E-state index contributed by atoms with van der Waals surface area (Å²) in [4.78, 5) is 18.2. The second kappa shape index (κ2) is 9.27. The van der Waals surface area contributed by atoms with Crippen molar-refractivity contribution in [2.75, 3.05) is 5.32 Å². The number of benzene rings is 1. The number of hydrogen-bond acceptors (Lipinski definition) is 8. The number of aromatic nitrogens is 4. The summed E-state index contributed by atoms with van der Waals surface area (Å²) in [5.41, 5.74) is 0.894. The number of hydrogen-bond donors (Lipinski definition) is 1. The van der Waals surface area contributed by atoms with E-state index in [1.165, 1.54) is 23.1 Å². The average molecular weight is 466 g/mol. The van der Waals surface area contributed by atoms with Crippen LogP contribution < -0.4 is 5.32 Å². The van der Waals surface area contributed by atoms with Gasteiger partial charge in [0.05, 0.1) is 15.8 Å². The van der Waals surface area contributed by atoms with Crippen molar-refractivity contribution < 1.29 is 13.2 Å². The molecule has 0 aliphatic carbocycles. The first-order valence-corrected chi connectivity index (χ1v) is 12.7. The van der Waals surface area contributed by atoms with Gasteiger partial charge in [-0.1, -0.05) is 30.0 Å². The van der Waals surface area contributed by atoms with Crippen LogP contribution in [0.25, 0.3) is 0 Å². The number of carbonyl (C=O) groups is 1. The van der Waals surface area contributed by atoms with E-state index >= 15 is 0 Å². The largest absolute Gasteiger partial charge is 0.305 e. The van der Waals surface area contributed by atoms with Gasteiger partial charge in [0.1, 0.15) is 11.6 Å². The van der Waals surface area contributed by atoms with Gasteiger partial charge in [-0.3, -0.25) is 4.79 Å². The second-order valence-electron chi connectivity index (χ2n) is 6.63. The van der Waals surface area contributed by atoms with Crippen LogP contribution in [0.15, 0.2) is 40.4 Å². The maximum atomic E-state index is 12.7. The first-order chi connectivity index (χ1) is 14.2. The summed E-state index contributed by atoms with van der Waals surface area (Å²) in [5.74, 6) is -0.100. The number of sulfone groups is 1.